The highest BCUT2D eigenvalue weighted by molar-refractivity contribution is 5.83. The number of ether oxygens (including phenoxy) is 1. The number of amides is 2. The Labute approximate surface area is 108 Å². The third kappa shape index (κ3) is 4.27. The van der Waals surface area contributed by atoms with E-state index in [2.05, 4.69) is 10.6 Å². The fourth-order valence-corrected chi connectivity index (χ4v) is 2.22. The van der Waals surface area contributed by atoms with Crippen molar-refractivity contribution in [2.45, 2.75) is 26.2 Å². The van der Waals surface area contributed by atoms with Gasteiger partial charge in [-0.05, 0) is 25.8 Å². The second-order valence-electron chi connectivity index (χ2n) is 4.69. The standard InChI is InChI=1S/C12H23N3O3/c1-2-12(4-3-5-14-9-12)11(17)15-6-7-18-8-10(13)16/h14H,2-9H2,1H3,(H2,13,16)(H,15,17). The molecule has 1 aliphatic heterocycles. The molecule has 1 rings (SSSR count). The summed E-state index contributed by atoms with van der Waals surface area (Å²) in [6.45, 7) is 4.37. The Balaban J connectivity index is 2.27. The maximum Gasteiger partial charge on any atom is 0.243 e. The lowest BCUT2D eigenvalue weighted by Gasteiger charge is -2.35. The van der Waals surface area contributed by atoms with Gasteiger partial charge in [-0.1, -0.05) is 6.92 Å². The summed E-state index contributed by atoms with van der Waals surface area (Å²) in [5.74, 6) is -0.428. The lowest BCUT2D eigenvalue weighted by molar-refractivity contribution is -0.132. The van der Waals surface area contributed by atoms with Crippen LogP contribution in [0.2, 0.25) is 0 Å². The highest BCUT2D eigenvalue weighted by atomic mass is 16.5. The van der Waals surface area contributed by atoms with E-state index in [4.69, 9.17) is 10.5 Å². The highest BCUT2D eigenvalue weighted by Gasteiger charge is 2.37. The summed E-state index contributed by atoms with van der Waals surface area (Å²) in [7, 11) is 0. The molecule has 0 aromatic carbocycles. The number of nitrogens with one attached hydrogen (secondary N) is 2. The van der Waals surface area contributed by atoms with Gasteiger partial charge in [0.15, 0.2) is 0 Å². The Morgan fingerprint density at radius 2 is 2.28 bits per heavy atom. The van der Waals surface area contributed by atoms with E-state index in [1.807, 2.05) is 6.92 Å². The molecule has 1 aliphatic rings. The first-order valence-electron chi connectivity index (χ1n) is 6.46. The van der Waals surface area contributed by atoms with E-state index in [0.717, 1.165) is 32.4 Å². The van der Waals surface area contributed by atoms with Crippen LogP contribution in [-0.2, 0) is 14.3 Å². The zero-order valence-electron chi connectivity index (χ0n) is 11.0. The van der Waals surface area contributed by atoms with Gasteiger partial charge in [-0.2, -0.15) is 0 Å². The van der Waals surface area contributed by atoms with Gasteiger partial charge in [-0.15, -0.1) is 0 Å². The fourth-order valence-electron chi connectivity index (χ4n) is 2.22. The van der Waals surface area contributed by atoms with Crippen molar-refractivity contribution in [1.29, 1.82) is 0 Å². The number of piperidine rings is 1. The summed E-state index contributed by atoms with van der Waals surface area (Å²) < 4.78 is 4.99. The van der Waals surface area contributed by atoms with E-state index in [9.17, 15) is 9.59 Å². The molecule has 1 heterocycles. The van der Waals surface area contributed by atoms with Gasteiger partial charge in [0.25, 0.3) is 0 Å². The molecule has 1 atom stereocenters. The molecule has 1 saturated heterocycles. The van der Waals surface area contributed by atoms with Crippen LogP contribution in [0.25, 0.3) is 0 Å². The maximum absolute atomic E-state index is 12.1. The summed E-state index contributed by atoms with van der Waals surface area (Å²) in [5, 5.41) is 6.13. The summed E-state index contributed by atoms with van der Waals surface area (Å²) in [4.78, 5) is 22.6. The van der Waals surface area contributed by atoms with Crippen molar-refractivity contribution in [2.24, 2.45) is 11.1 Å². The van der Waals surface area contributed by atoms with E-state index >= 15 is 0 Å². The van der Waals surface area contributed by atoms with Crippen LogP contribution in [0.5, 0.6) is 0 Å². The first-order valence-corrected chi connectivity index (χ1v) is 6.46. The Morgan fingerprint density at radius 1 is 1.50 bits per heavy atom. The topological polar surface area (TPSA) is 93.4 Å². The molecule has 6 nitrogen and oxygen atoms in total. The van der Waals surface area contributed by atoms with Gasteiger partial charge in [-0.3, -0.25) is 9.59 Å². The number of carbonyl (C=O) groups excluding carboxylic acids is 2. The van der Waals surface area contributed by atoms with E-state index in [-0.39, 0.29) is 17.9 Å². The predicted octanol–water partition coefficient (Wildman–Crippen LogP) is -0.616. The number of carbonyl (C=O) groups is 2. The molecule has 0 spiro atoms. The van der Waals surface area contributed by atoms with E-state index < -0.39 is 5.91 Å². The molecule has 0 aromatic heterocycles. The second kappa shape index (κ2) is 7.33. The van der Waals surface area contributed by atoms with Crippen molar-refractivity contribution in [3.05, 3.63) is 0 Å². The van der Waals surface area contributed by atoms with Gasteiger partial charge in [0, 0.05) is 13.1 Å². The quantitative estimate of drug-likeness (QED) is 0.530. The Hall–Kier alpha value is -1.14. The Morgan fingerprint density at radius 3 is 2.83 bits per heavy atom. The molecule has 4 N–H and O–H groups in total. The van der Waals surface area contributed by atoms with Gasteiger partial charge in [-0.25, -0.2) is 0 Å². The first kappa shape index (κ1) is 14.9. The minimum atomic E-state index is -0.497. The van der Waals surface area contributed by atoms with Crippen molar-refractivity contribution < 1.29 is 14.3 Å². The first-order chi connectivity index (χ1) is 8.60. The Kier molecular flexibility index (Phi) is 6.07. The molecule has 104 valence electrons. The molecule has 0 saturated carbocycles. The smallest absolute Gasteiger partial charge is 0.243 e. The second-order valence-corrected chi connectivity index (χ2v) is 4.69. The molecule has 2 amide bonds. The van der Waals surface area contributed by atoms with Crippen LogP contribution in [0.15, 0.2) is 0 Å². The Bertz CT molecular complexity index is 288. The molecule has 1 fully saturated rings. The lowest BCUT2D eigenvalue weighted by Crippen LogP contribution is -2.50. The van der Waals surface area contributed by atoms with Crippen LogP contribution < -0.4 is 16.4 Å². The SMILES string of the molecule is CCC1(C(=O)NCCOCC(N)=O)CCCNC1. The molecule has 1 unspecified atom stereocenters. The zero-order valence-corrected chi connectivity index (χ0v) is 11.0. The largest absolute Gasteiger partial charge is 0.370 e. The summed E-state index contributed by atoms with van der Waals surface area (Å²) in [6, 6.07) is 0. The van der Waals surface area contributed by atoms with Crippen molar-refractivity contribution in [1.82, 2.24) is 10.6 Å². The van der Waals surface area contributed by atoms with E-state index in [1.54, 1.807) is 0 Å². The van der Waals surface area contributed by atoms with Crippen molar-refractivity contribution in [2.75, 3.05) is 32.8 Å². The minimum absolute atomic E-state index is 0.0693. The van der Waals surface area contributed by atoms with Gasteiger partial charge >= 0.3 is 0 Å². The highest BCUT2D eigenvalue weighted by Crippen LogP contribution is 2.29. The van der Waals surface area contributed by atoms with Gasteiger partial charge in [0.2, 0.25) is 11.8 Å². The number of hydrogen-bond acceptors (Lipinski definition) is 4. The summed E-state index contributed by atoms with van der Waals surface area (Å²) in [6.07, 6.45) is 2.78. The fraction of sp³-hybridized carbons (Fsp3) is 0.833. The number of hydrogen-bond donors (Lipinski definition) is 3. The summed E-state index contributed by atoms with van der Waals surface area (Å²) in [5.41, 5.74) is 4.64. The molecule has 0 bridgehead atoms. The molecule has 6 heteroatoms. The third-order valence-corrected chi connectivity index (χ3v) is 3.41. The molecular weight excluding hydrogens is 234 g/mol. The minimum Gasteiger partial charge on any atom is -0.370 e. The molecule has 0 aromatic rings. The van der Waals surface area contributed by atoms with E-state index in [0.29, 0.717) is 13.2 Å². The number of rotatable bonds is 7. The molecule has 0 radical (unpaired) electrons. The summed E-state index contributed by atoms with van der Waals surface area (Å²) >= 11 is 0. The molecule has 18 heavy (non-hydrogen) atoms. The monoisotopic (exact) mass is 257 g/mol. The van der Waals surface area contributed by atoms with Crippen LogP contribution in [0, 0.1) is 5.41 Å². The van der Waals surface area contributed by atoms with Crippen LogP contribution in [0.1, 0.15) is 26.2 Å². The lowest BCUT2D eigenvalue weighted by atomic mass is 9.77. The van der Waals surface area contributed by atoms with Crippen LogP contribution >= 0.6 is 0 Å². The van der Waals surface area contributed by atoms with Crippen molar-refractivity contribution in [3.8, 4) is 0 Å². The van der Waals surface area contributed by atoms with Gasteiger partial charge in [0.1, 0.15) is 6.61 Å². The molecule has 0 aliphatic carbocycles. The predicted molar refractivity (Wildman–Crippen MR) is 67.9 cm³/mol. The van der Waals surface area contributed by atoms with Gasteiger partial charge in [0.05, 0.1) is 12.0 Å². The van der Waals surface area contributed by atoms with Crippen LogP contribution in [0.4, 0.5) is 0 Å². The number of nitrogens with two attached hydrogens (primary N) is 1. The number of primary amides is 1. The molecular formula is C12H23N3O3. The average Bonchev–Trinajstić information content (AvgIpc) is 2.38. The van der Waals surface area contributed by atoms with E-state index in [1.165, 1.54) is 0 Å². The normalized spacial score (nSPS) is 23.6. The van der Waals surface area contributed by atoms with Crippen LogP contribution in [0.3, 0.4) is 0 Å². The van der Waals surface area contributed by atoms with Crippen LogP contribution in [-0.4, -0.2) is 44.7 Å². The average molecular weight is 257 g/mol. The maximum atomic E-state index is 12.1. The zero-order chi connectivity index (χ0) is 13.4. The van der Waals surface area contributed by atoms with Gasteiger partial charge < -0.3 is 21.1 Å². The van der Waals surface area contributed by atoms with Crippen molar-refractivity contribution in [3.63, 3.8) is 0 Å². The van der Waals surface area contributed by atoms with Crippen molar-refractivity contribution >= 4 is 11.8 Å². The third-order valence-electron chi connectivity index (χ3n) is 3.41.